The maximum absolute atomic E-state index is 13.5. The fourth-order valence-electron chi connectivity index (χ4n) is 4.37. The number of benzene rings is 2. The largest absolute Gasteiger partial charge is 0.275 e. The minimum absolute atomic E-state index is 0.0306. The number of rotatable bonds is 6. The molecule has 3 amide bonds. The summed E-state index contributed by atoms with van der Waals surface area (Å²) in [6.07, 6.45) is 2.59. The van der Waals surface area contributed by atoms with E-state index in [2.05, 4.69) is 0 Å². The van der Waals surface area contributed by atoms with Crippen molar-refractivity contribution in [2.75, 3.05) is 0 Å². The Labute approximate surface area is 203 Å². The lowest BCUT2D eigenvalue weighted by atomic mass is 9.82. The summed E-state index contributed by atoms with van der Waals surface area (Å²) in [5.74, 6) is -3.23. The number of nitro groups is 2. The lowest BCUT2D eigenvalue weighted by molar-refractivity contribution is -0.385. The summed E-state index contributed by atoms with van der Waals surface area (Å²) < 4.78 is 0. The second-order valence-corrected chi connectivity index (χ2v) is 8.82. The Morgan fingerprint density at radius 1 is 1.06 bits per heavy atom. The van der Waals surface area contributed by atoms with Gasteiger partial charge in [0.15, 0.2) is 0 Å². The number of fused-ring (bicyclic) bond motifs is 1. The van der Waals surface area contributed by atoms with Crippen LogP contribution >= 0.6 is 11.6 Å². The van der Waals surface area contributed by atoms with E-state index in [0.29, 0.717) is 12.8 Å². The van der Waals surface area contributed by atoms with Crippen LogP contribution in [-0.4, -0.2) is 37.6 Å². The van der Waals surface area contributed by atoms with E-state index in [1.54, 1.807) is 0 Å². The zero-order chi connectivity index (χ0) is 25.4. The van der Waals surface area contributed by atoms with Gasteiger partial charge in [-0.25, -0.2) is 5.01 Å². The van der Waals surface area contributed by atoms with Gasteiger partial charge in [-0.2, -0.15) is 5.01 Å². The van der Waals surface area contributed by atoms with E-state index in [1.165, 1.54) is 24.3 Å². The molecule has 1 fully saturated rings. The second kappa shape index (κ2) is 9.26. The van der Waals surface area contributed by atoms with Gasteiger partial charge in [-0.1, -0.05) is 23.3 Å². The van der Waals surface area contributed by atoms with Gasteiger partial charge in [0.05, 0.1) is 33.8 Å². The molecule has 1 saturated heterocycles. The molecule has 0 radical (unpaired) electrons. The molecular weight excluding hydrogens is 480 g/mol. The number of amides is 3. The first kappa shape index (κ1) is 24.0. The van der Waals surface area contributed by atoms with Gasteiger partial charge in [-0.15, -0.1) is 0 Å². The van der Waals surface area contributed by atoms with Gasteiger partial charge in [0.2, 0.25) is 0 Å². The highest BCUT2D eigenvalue weighted by Crippen LogP contribution is 2.39. The third-order valence-electron chi connectivity index (χ3n) is 6.16. The Hall–Kier alpha value is -4.12. The van der Waals surface area contributed by atoms with E-state index in [0.717, 1.165) is 33.8 Å². The van der Waals surface area contributed by atoms with Gasteiger partial charge in [0.1, 0.15) is 0 Å². The lowest BCUT2D eigenvalue weighted by Gasteiger charge is -2.30. The molecule has 35 heavy (non-hydrogen) atoms. The Morgan fingerprint density at radius 3 is 2.34 bits per heavy atom. The first-order chi connectivity index (χ1) is 16.6. The molecule has 0 unspecified atom stereocenters. The van der Waals surface area contributed by atoms with Crippen molar-refractivity contribution in [2.45, 2.75) is 26.3 Å². The van der Waals surface area contributed by atoms with E-state index in [9.17, 15) is 34.6 Å². The van der Waals surface area contributed by atoms with Gasteiger partial charge in [-0.3, -0.25) is 34.6 Å². The average Bonchev–Trinajstić information content (AvgIpc) is 3.07. The third-order valence-corrected chi connectivity index (χ3v) is 6.40. The van der Waals surface area contributed by atoms with Gasteiger partial charge >= 0.3 is 0 Å². The third kappa shape index (κ3) is 4.50. The second-order valence-electron chi connectivity index (χ2n) is 8.39. The summed E-state index contributed by atoms with van der Waals surface area (Å²) in [6.45, 7) is 1.39. The van der Waals surface area contributed by atoms with Gasteiger partial charge in [0, 0.05) is 28.8 Å². The average molecular weight is 499 g/mol. The van der Waals surface area contributed by atoms with Crippen LogP contribution < -0.4 is 0 Å². The Morgan fingerprint density at radius 2 is 1.71 bits per heavy atom. The van der Waals surface area contributed by atoms with Crippen LogP contribution in [0.15, 0.2) is 54.1 Å². The van der Waals surface area contributed by atoms with Gasteiger partial charge in [0.25, 0.3) is 29.1 Å². The van der Waals surface area contributed by atoms with Crippen LogP contribution in [-0.2, 0) is 16.1 Å². The molecule has 0 N–H and O–H groups in total. The molecule has 12 heteroatoms. The van der Waals surface area contributed by atoms with Crippen molar-refractivity contribution in [3.05, 3.63) is 90.5 Å². The van der Waals surface area contributed by atoms with Crippen LogP contribution in [0.5, 0.6) is 0 Å². The van der Waals surface area contributed by atoms with Crippen molar-refractivity contribution >= 4 is 40.7 Å². The van der Waals surface area contributed by atoms with Crippen molar-refractivity contribution in [3.8, 4) is 0 Å². The van der Waals surface area contributed by atoms with Crippen LogP contribution in [0.1, 0.15) is 35.7 Å². The van der Waals surface area contributed by atoms with E-state index in [1.807, 2.05) is 13.0 Å². The minimum Gasteiger partial charge on any atom is -0.272 e. The van der Waals surface area contributed by atoms with E-state index >= 15 is 0 Å². The number of nitrogens with zero attached hydrogens (tertiary/aromatic N) is 4. The molecule has 1 aliphatic heterocycles. The summed E-state index contributed by atoms with van der Waals surface area (Å²) in [5, 5.41) is 24.3. The Kier molecular flexibility index (Phi) is 6.35. The number of hydrazine groups is 1. The molecule has 0 aromatic heterocycles. The van der Waals surface area contributed by atoms with Crippen LogP contribution in [0.3, 0.4) is 0 Å². The fraction of sp³-hybridized carbons (Fsp3) is 0.261. The number of carbonyl (C=O) groups excluding carboxylic acids is 3. The molecule has 2 aliphatic rings. The zero-order valence-corrected chi connectivity index (χ0v) is 19.2. The van der Waals surface area contributed by atoms with Crippen LogP contribution in [0, 0.1) is 32.1 Å². The normalized spacial score (nSPS) is 19.3. The summed E-state index contributed by atoms with van der Waals surface area (Å²) in [4.78, 5) is 61.4. The summed E-state index contributed by atoms with van der Waals surface area (Å²) in [7, 11) is 0. The standard InChI is InChI=1S/C23H19ClN4O7/c1-13-2-9-18-19(10-13)23(31)26(22(18)30)25(12-15-3-6-16(24)11-20(15)28(34)35)21(29)14-4-7-17(8-5-14)27(32)33/h2-8,11,18-19H,9-10,12H2,1H3/t18-,19+/m1/s1. The van der Waals surface area contributed by atoms with E-state index in [-0.39, 0.29) is 27.5 Å². The Bertz CT molecular complexity index is 1290. The van der Waals surface area contributed by atoms with Crippen molar-refractivity contribution in [1.82, 2.24) is 10.0 Å². The van der Waals surface area contributed by atoms with Crippen molar-refractivity contribution in [2.24, 2.45) is 11.8 Å². The first-order valence-electron chi connectivity index (χ1n) is 10.6. The molecule has 2 aromatic rings. The highest BCUT2D eigenvalue weighted by molar-refractivity contribution is 6.30. The van der Waals surface area contributed by atoms with Gasteiger partial charge in [-0.05, 0) is 44.0 Å². The molecule has 0 spiro atoms. The van der Waals surface area contributed by atoms with Crippen LogP contribution in [0.4, 0.5) is 11.4 Å². The van der Waals surface area contributed by atoms with Crippen LogP contribution in [0.2, 0.25) is 5.02 Å². The highest BCUT2D eigenvalue weighted by Gasteiger charge is 2.51. The van der Waals surface area contributed by atoms with Crippen molar-refractivity contribution < 1.29 is 24.2 Å². The monoisotopic (exact) mass is 498 g/mol. The van der Waals surface area contributed by atoms with Crippen LogP contribution in [0.25, 0.3) is 0 Å². The molecular formula is C23H19ClN4O7. The molecule has 4 rings (SSSR count). The predicted molar refractivity (Wildman–Crippen MR) is 123 cm³/mol. The molecule has 0 bridgehead atoms. The number of hydrogen-bond donors (Lipinski definition) is 0. The number of non-ortho nitro benzene ring substituents is 1. The number of nitro benzene ring substituents is 2. The number of imide groups is 1. The summed E-state index contributed by atoms with van der Waals surface area (Å²) in [6, 6.07) is 8.51. The molecule has 1 aliphatic carbocycles. The lowest BCUT2D eigenvalue weighted by Crippen LogP contribution is -2.49. The summed E-state index contributed by atoms with van der Waals surface area (Å²) >= 11 is 5.90. The number of halogens is 1. The van der Waals surface area contributed by atoms with Crippen molar-refractivity contribution in [3.63, 3.8) is 0 Å². The smallest absolute Gasteiger partial charge is 0.272 e. The number of carbonyl (C=O) groups is 3. The molecule has 2 aromatic carbocycles. The topological polar surface area (TPSA) is 144 Å². The molecule has 2 atom stereocenters. The number of allylic oxidation sites excluding steroid dienone is 2. The minimum atomic E-state index is -0.811. The molecule has 1 heterocycles. The van der Waals surface area contributed by atoms with Gasteiger partial charge < -0.3 is 0 Å². The zero-order valence-electron chi connectivity index (χ0n) is 18.4. The Balaban J connectivity index is 1.76. The first-order valence-corrected chi connectivity index (χ1v) is 11.0. The molecule has 11 nitrogen and oxygen atoms in total. The maximum atomic E-state index is 13.5. The SMILES string of the molecule is CC1=CC[C@H]2C(=O)N(N(Cc3ccc(Cl)cc3[N+](=O)[O-])C(=O)c3ccc([N+](=O)[O-])cc3)C(=O)[C@H]2C1. The fourth-order valence-corrected chi connectivity index (χ4v) is 4.53. The number of hydrogen-bond acceptors (Lipinski definition) is 7. The quantitative estimate of drug-likeness (QED) is 0.253. The maximum Gasteiger partial charge on any atom is 0.275 e. The van der Waals surface area contributed by atoms with E-state index < -0.39 is 45.9 Å². The molecule has 0 saturated carbocycles. The summed E-state index contributed by atoms with van der Waals surface area (Å²) in [5.41, 5.74) is 0.350. The molecule has 180 valence electrons. The predicted octanol–water partition coefficient (Wildman–Crippen LogP) is 4.06. The van der Waals surface area contributed by atoms with E-state index in [4.69, 9.17) is 11.6 Å². The highest BCUT2D eigenvalue weighted by atomic mass is 35.5. The van der Waals surface area contributed by atoms with Crippen molar-refractivity contribution in [1.29, 1.82) is 0 Å².